The van der Waals surface area contributed by atoms with Gasteiger partial charge in [0.05, 0.1) is 11.3 Å². The molecule has 3 amide bonds. The Balaban J connectivity index is 1.50. The van der Waals surface area contributed by atoms with Crippen LogP contribution < -0.4 is 20.1 Å². The number of carbonyl (C=O) groups is 2. The predicted molar refractivity (Wildman–Crippen MR) is 93.3 cm³/mol. The molecule has 1 aliphatic heterocycles. The van der Waals surface area contributed by atoms with Crippen molar-refractivity contribution in [3.63, 3.8) is 0 Å². The number of thioether (sulfide) groups is 1. The van der Waals surface area contributed by atoms with Crippen molar-refractivity contribution in [3.05, 3.63) is 18.2 Å². The van der Waals surface area contributed by atoms with Gasteiger partial charge in [-0.05, 0) is 43.3 Å². The quantitative estimate of drug-likeness (QED) is 0.770. The second-order valence-corrected chi connectivity index (χ2v) is 7.35. The van der Waals surface area contributed by atoms with Crippen molar-refractivity contribution in [2.45, 2.75) is 31.5 Å². The Morgan fingerprint density at radius 2 is 2.04 bits per heavy atom. The topological polar surface area (TPSA) is 120 Å². The molecular weight excluding hydrogens is 360 g/mol. The van der Waals surface area contributed by atoms with Crippen molar-refractivity contribution in [3.8, 4) is 11.5 Å². The van der Waals surface area contributed by atoms with Crippen LogP contribution in [0.25, 0.3) is 0 Å². The molecule has 0 radical (unpaired) electrons. The SMILES string of the molecule is CC(C)(C)n1nnnc1SCC(=O)NC(=O)Nc1ccc2c(c1)OCO2. The molecule has 11 heteroatoms. The molecule has 0 bridgehead atoms. The van der Waals surface area contributed by atoms with E-state index in [4.69, 9.17) is 9.47 Å². The molecule has 0 unspecified atom stereocenters. The molecule has 0 aliphatic carbocycles. The van der Waals surface area contributed by atoms with E-state index in [0.717, 1.165) is 11.8 Å². The van der Waals surface area contributed by atoms with Crippen LogP contribution in [0.3, 0.4) is 0 Å². The van der Waals surface area contributed by atoms with Gasteiger partial charge >= 0.3 is 6.03 Å². The van der Waals surface area contributed by atoms with Crippen LogP contribution in [0.15, 0.2) is 23.4 Å². The number of hydrogen-bond acceptors (Lipinski definition) is 8. The number of nitrogens with zero attached hydrogens (tertiary/aromatic N) is 4. The molecule has 0 saturated heterocycles. The number of aromatic nitrogens is 4. The van der Waals surface area contributed by atoms with Crippen LogP contribution in [0.2, 0.25) is 0 Å². The number of hydrogen-bond donors (Lipinski definition) is 2. The number of imide groups is 1. The maximum atomic E-state index is 12.0. The molecule has 1 aromatic carbocycles. The molecule has 0 atom stereocenters. The third-order valence-corrected chi connectivity index (χ3v) is 4.21. The van der Waals surface area contributed by atoms with Crippen LogP contribution in [0.5, 0.6) is 11.5 Å². The lowest BCUT2D eigenvalue weighted by Crippen LogP contribution is -2.35. The van der Waals surface area contributed by atoms with E-state index in [1.54, 1.807) is 22.9 Å². The lowest BCUT2D eigenvalue weighted by molar-refractivity contribution is -0.117. The summed E-state index contributed by atoms with van der Waals surface area (Å²) >= 11 is 1.15. The van der Waals surface area contributed by atoms with Crippen LogP contribution in [-0.2, 0) is 10.3 Å². The second kappa shape index (κ2) is 7.20. The van der Waals surface area contributed by atoms with Gasteiger partial charge in [0.15, 0.2) is 11.5 Å². The number of tetrazole rings is 1. The molecule has 1 aliphatic rings. The highest BCUT2D eigenvalue weighted by atomic mass is 32.2. The monoisotopic (exact) mass is 378 g/mol. The summed E-state index contributed by atoms with van der Waals surface area (Å²) in [7, 11) is 0. The van der Waals surface area contributed by atoms with Gasteiger partial charge in [-0.1, -0.05) is 11.8 Å². The van der Waals surface area contributed by atoms with E-state index in [-0.39, 0.29) is 18.1 Å². The van der Waals surface area contributed by atoms with Gasteiger partial charge in [-0.25, -0.2) is 9.48 Å². The minimum atomic E-state index is -0.634. The number of anilines is 1. The number of amides is 3. The molecule has 1 aromatic heterocycles. The Hall–Kier alpha value is -2.82. The van der Waals surface area contributed by atoms with Crippen LogP contribution in [-0.4, -0.2) is 44.7 Å². The van der Waals surface area contributed by atoms with Gasteiger partial charge in [0.1, 0.15) is 0 Å². The Labute approximate surface area is 153 Å². The summed E-state index contributed by atoms with van der Waals surface area (Å²) in [4.78, 5) is 23.9. The number of carbonyl (C=O) groups excluding carboxylic acids is 2. The van der Waals surface area contributed by atoms with Crippen LogP contribution >= 0.6 is 11.8 Å². The van der Waals surface area contributed by atoms with E-state index >= 15 is 0 Å². The summed E-state index contributed by atoms with van der Waals surface area (Å²) in [5.41, 5.74) is 0.183. The highest BCUT2D eigenvalue weighted by Gasteiger charge is 2.21. The van der Waals surface area contributed by atoms with Gasteiger partial charge in [-0.2, -0.15) is 0 Å². The minimum absolute atomic E-state index is 0.00497. The molecule has 138 valence electrons. The average molecular weight is 378 g/mol. The maximum Gasteiger partial charge on any atom is 0.325 e. The van der Waals surface area contributed by atoms with Gasteiger partial charge in [-0.3, -0.25) is 10.1 Å². The van der Waals surface area contributed by atoms with E-state index in [2.05, 4.69) is 26.2 Å². The van der Waals surface area contributed by atoms with Crippen molar-refractivity contribution in [2.75, 3.05) is 17.9 Å². The average Bonchev–Trinajstić information content (AvgIpc) is 3.20. The standard InChI is InChI=1S/C15H18N6O4S/c1-15(2,3)21-14(18-19-20-21)26-7-12(22)17-13(23)16-9-4-5-10-11(6-9)25-8-24-10/h4-6H,7-8H2,1-3H3,(H2,16,17,22,23). The summed E-state index contributed by atoms with van der Waals surface area (Å²) < 4.78 is 12.1. The number of benzene rings is 1. The van der Waals surface area contributed by atoms with Crippen molar-refractivity contribution >= 4 is 29.4 Å². The fourth-order valence-electron chi connectivity index (χ4n) is 2.12. The lowest BCUT2D eigenvalue weighted by atomic mass is 10.1. The van der Waals surface area contributed by atoms with E-state index < -0.39 is 11.9 Å². The Morgan fingerprint density at radius 3 is 2.81 bits per heavy atom. The van der Waals surface area contributed by atoms with Crippen molar-refractivity contribution in [1.82, 2.24) is 25.5 Å². The predicted octanol–water partition coefficient (Wildman–Crippen LogP) is 1.60. The second-order valence-electron chi connectivity index (χ2n) is 6.40. The minimum Gasteiger partial charge on any atom is -0.454 e. The van der Waals surface area contributed by atoms with Gasteiger partial charge in [0, 0.05) is 11.8 Å². The van der Waals surface area contributed by atoms with Gasteiger partial charge in [0.2, 0.25) is 17.9 Å². The van der Waals surface area contributed by atoms with Gasteiger partial charge in [-0.15, -0.1) is 5.10 Å². The number of fused-ring (bicyclic) bond motifs is 1. The van der Waals surface area contributed by atoms with E-state index in [1.807, 2.05) is 20.8 Å². The lowest BCUT2D eigenvalue weighted by Gasteiger charge is -2.19. The highest BCUT2D eigenvalue weighted by Crippen LogP contribution is 2.34. The molecule has 10 nitrogen and oxygen atoms in total. The highest BCUT2D eigenvalue weighted by molar-refractivity contribution is 7.99. The largest absolute Gasteiger partial charge is 0.454 e. The Morgan fingerprint density at radius 1 is 1.27 bits per heavy atom. The molecule has 2 aromatic rings. The van der Waals surface area contributed by atoms with Crippen molar-refractivity contribution in [1.29, 1.82) is 0 Å². The summed E-state index contributed by atoms with van der Waals surface area (Å²) in [6.07, 6.45) is 0. The van der Waals surface area contributed by atoms with Gasteiger partial charge in [0.25, 0.3) is 0 Å². The van der Waals surface area contributed by atoms with Crippen molar-refractivity contribution in [2.24, 2.45) is 0 Å². The first-order valence-corrected chi connectivity index (χ1v) is 8.73. The summed E-state index contributed by atoms with van der Waals surface area (Å²) in [6.45, 7) is 6.00. The smallest absolute Gasteiger partial charge is 0.325 e. The van der Waals surface area contributed by atoms with E-state index in [9.17, 15) is 9.59 Å². The normalized spacial score (nSPS) is 12.7. The molecule has 0 fully saturated rings. The molecule has 0 saturated carbocycles. The third-order valence-electron chi connectivity index (χ3n) is 3.29. The summed E-state index contributed by atoms with van der Waals surface area (Å²) in [6, 6.07) is 4.33. The Kier molecular flexibility index (Phi) is 4.98. The van der Waals surface area contributed by atoms with Gasteiger partial charge < -0.3 is 14.8 Å². The van der Waals surface area contributed by atoms with Crippen LogP contribution in [0, 0.1) is 0 Å². The van der Waals surface area contributed by atoms with E-state index in [1.165, 1.54) is 0 Å². The fourth-order valence-corrected chi connectivity index (χ4v) is 2.98. The Bertz CT molecular complexity index is 832. The zero-order valence-electron chi connectivity index (χ0n) is 14.5. The van der Waals surface area contributed by atoms with Crippen LogP contribution in [0.4, 0.5) is 10.5 Å². The first-order valence-electron chi connectivity index (χ1n) is 7.75. The number of ether oxygens (including phenoxy) is 2. The summed E-state index contributed by atoms with van der Waals surface area (Å²) in [5.74, 6) is 0.695. The number of nitrogens with one attached hydrogen (secondary N) is 2. The zero-order chi connectivity index (χ0) is 18.7. The zero-order valence-corrected chi connectivity index (χ0v) is 15.3. The fraction of sp³-hybridized carbons (Fsp3) is 0.400. The maximum absolute atomic E-state index is 12.0. The molecular formula is C15H18N6O4S. The molecule has 26 heavy (non-hydrogen) atoms. The van der Waals surface area contributed by atoms with Crippen LogP contribution in [0.1, 0.15) is 20.8 Å². The molecule has 2 N–H and O–H groups in total. The van der Waals surface area contributed by atoms with Crippen molar-refractivity contribution < 1.29 is 19.1 Å². The number of rotatable bonds is 4. The summed E-state index contributed by atoms with van der Waals surface area (Å²) in [5, 5.41) is 16.8. The molecule has 0 spiro atoms. The first kappa shape index (κ1) is 18.0. The first-order chi connectivity index (χ1) is 12.3. The van der Waals surface area contributed by atoms with E-state index in [0.29, 0.717) is 22.3 Å². The number of urea groups is 1. The molecule has 2 heterocycles. The molecule has 3 rings (SSSR count). The third kappa shape index (κ3) is 4.23.